The van der Waals surface area contributed by atoms with Crippen LogP contribution in [0, 0.1) is 5.92 Å². The molecule has 2 aliphatic heterocycles. The van der Waals surface area contributed by atoms with E-state index in [1.54, 1.807) is 14.2 Å². The van der Waals surface area contributed by atoms with E-state index in [1.165, 1.54) is 0 Å². The molecule has 0 unspecified atom stereocenters. The number of piperidine rings is 1. The third-order valence-corrected chi connectivity index (χ3v) is 5.37. The molecule has 0 aromatic heterocycles. The number of carbonyl (C=O) groups excluding carboxylic acids is 1. The van der Waals surface area contributed by atoms with Crippen LogP contribution in [0.5, 0.6) is 0 Å². The van der Waals surface area contributed by atoms with Crippen LogP contribution in [-0.2, 0) is 20.7 Å². The van der Waals surface area contributed by atoms with E-state index in [0.29, 0.717) is 12.3 Å². The molecule has 1 aromatic carbocycles. The van der Waals surface area contributed by atoms with Crippen molar-refractivity contribution in [3.63, 3.8) is 0 Å². The molecule has 2 saturated heterocycles. The van der Waals surface area contributed by atoms with Crippen molar-refractivity contribution in [3.05, 3.63) is 35.9 Å². The summed E-state index contributed by atoms with van der Waals surface area (Å²) in [4.78, 5) is 17.4. The van der Waals surface area contributed by atoms with E-state index in [-0.39, 0.29) is 18.1 Å². The van der Waals surface area contributed by atoms with Crippen LogP contribution in [0.2, 0.25) is 0 Å². The standard InChI is InChI=1S/C19H28N2O3/c1-23-11-10-20-13-16-17(14-20)21(9-8-18(16)24-2)19(22)12-15-6-4-3-5-7-15/h3-7,16-18H,8-14H2,1-2H3/t16-,17+,18-/m1/s1. The average Bonchev–Trinajstić information content (AvgIpc) is 3.03. The van der Waals surface area contributed by atoms with Crippen molar-refractivity contribution in [2.45, 2.75) is 25.0 Å². The third kappa shape index (κ3) is 3.79. The van der Waals surface area contributed by atoms with Crippen LogP contribution in [0.15, 0.2) is 30.3 Å². The molecule has 5 nitrogen and oxygen atoms in total. The van der Waals surface area contributed by atoms with Crippen LogP contribution in [-0.4, -0.2) is 74.9 Å². The topological polar surface area (TPSA) is 42.0 Å². The molecule has 1 amide bonds. The Morgan fingerprint density at radius 3 is 2.71 bits per heavy atom. The van der Waals surface area contributed by atoms with Gasteiger partial charge in [-0.15, -0.1) is 0 Å². The molecule has 3 atom stereocenters. The van der Waals surface area contributed by atoms with Gasteiger partial charge in [0.2, 0.25) is 5.91 Å². The van der Waals surface area contributed by atoms with Crippen LogP contribution in [0.25, 0.3) is 0 Å². The summed E-state index contributed by atoms with van der Waals surface area (Å²) in [5.74, 6) is 0.639. The molecule has 2 heterocycles. The molecule has 2 aliphatic rings. The number of hydrogen-bond donors (Lipinski definition) is 0. The molecule has 3 rings (SSSR count). The Morgan fingerprint density at radius 1 is 1.21 bits per heavy atom. The van der Waals surface area contributed by atoms with Crippen molar-refractivity contribution >= 4 is 5.91 Å². The van der Waals surface area contributed by atoms with E-state index >= 15 is 0 Å². The van der Waals surface area contributed by atoms with Crippen molar-refractivity contribution in [1.82, 2.24) is 9.80 Å². The monoisotopic (exact) mass is 332 g/mol. The van der Waals surface area contributed by atoms with Gasteiger partial charge in [-0.25, -0.2) is 0 Å². The number of ether oxygens (including phenoxy) is 2. The molecule has 0 aliphatic carbocycles. The fourth-order valence-corrected chi connectivity index (χ4v) is 4.11. The van der Waals surface area contributed by atoms with E-state index < -0.39 is 0 Å². The SMILES string of the molecule is COCCN1C[C@H]2[C@H](OC)CCN(C(=O)Cc3ccccc3)[C@H]2C1. The quantitative estimate of drug-likeness (QED) is 0.790. The molecular formula is C19H28N2O3. The van der Waals surface area contributed by atoms with Crippen molar-refractivity contribution < 1.29 is 14.3 Å². The van der Waals surface area contributed by atoms with Gasteiger partial charge in [0.1, 0.15) is 0 Å². The van der Waals surface area contributed by atoms with Crippen LogP contribution in [0.3, 0.4) is 0 Å². The van der Waals surface area contributed by atoms with Gasteiger partial charge in [-0.05, 0) is 12.0 Å². The second-order valence-corrected chi connectivity index (χ2v) is 6.80. The summed E-state index contributed by atoms with van der Waals surface area (Å²) in [6.07, 6.45) is 1.67. The molecule has 0 spiro atoms. The molecule has 1 aromatic rings. The minimum Gasteiger partial charge on any atom is -0.383 e. The molecule has 0 radical (unpaired) electrons. The number of hydrogen-bond acceptors (Lipinski definition) is 4. The van der Waals surface area contributed by atoms with Crippen molar-refractivity contribution in [1.29, 1.82) is 0 Å². The van der Waals surface area contributed by atoms with Gasteiger partial charge >= 0.3 is 0 Å². The molecule has 5 heteroatoms. The minimum absolute atomic E-state index is 0.236. The summed E-state index contributed by atoms with van der Waals surface area (Å²) in [5.41, 5.74) is 1.09. The highest BCUT2D eigenvalue weighted by Gasteiger charge is 2.45. The smallest absolute Gasteiger partial charge is 0.227 e. The Hall–Kier alpha value is -1.43. The van der Waals surface area contributed by atoms with Gasteiger partial charge in [0.15, 0.2) is 0 Å². The zero-order valence-corrected chi connectivity index (χ0v) is 14.7. The van der Waals surface area contributed by atoms with Gasteiger partial charge in [-0.3, -0.25) is 9.69 Å². The molecule has 0 N–H and O–H groups in total. The van der Waals surface area contributed by atoms with Crippen molar-refractivity contribution in [3.8, 4) is 0 Å². The minimum atomic E-state index is 0.236. The summed E-state index contributed by atoms with van der Waals surface area (Å²) in [5, 5.41) is 0. The number of rotatable bonds is 6. The first kappa shape index (κ1) is 17.4. The van der Waals surface area contributed by atoms with Gasteiger partial charge in [-0.2, -0.15) is 0 Å². The number of carbonyl (C=O) groups is 1. The first-order valence-electron chi connectivity index (χ1n) is 8.80. The second-order valence-electron chi connectivity index (χ2n) is 6.80. The van der Waals surface area contributed by atoms with Crippen LogP contribution in [0.1, 0.15) is 12.0 Å². The number of amides is 1. The lowest BCUT2D eigenvalue weighted by Gasteiger charge is -2.41. The van der Waals surface area contributed by atoms with Crippen molar-refractivity contribution in [2.75, 3.05) is 47.0 Å². The number of fused-ring (bicyclic) bond motifs is 1. The summed E-state index contributed by atoms with van der Waals surface area (Å²) in [6.45, 7) is 4.36. The van der Waals surface area contributed by atoms with Crippen LogP contribution in [0.4, 0.5) is 0 Å². The fraction of sp³-hybridized carbons (Fsp3) is 0.632. The predicted octanol–water partition coefficient (Wildman–Crippen LogP) is 1.42. The highest BCUT2D eigenvalue weighted by molar-refractivity contribution is 5.79. The largest absolute Gasteiger partial charge is 0.383 e. The van der Waals surface area contributed by atoms with E-state index in [9.17, 15) is 4.79 Å². The Morgan fingerprint density at radius 2 is 2.00 bits per heavy atom. The molecule has 0 saturated carbocycles. The summed E-state index contributed by atoms with van der Waals surface area (Å²) >= 11 is 0. The van der Waals surface area contributed by atoms with Crippen LogP contribution < -0.4 is 0 Å². The van der Waals surface area contributed by atoms with Gasteiger partial charge < -0.3 is 14.4 Å². The van der Waals surface area contributed by atoms with E-state index in [4.69, 9.17) is 9.47 Å². The molecule has 132 valence electrons. The molecule has 0 bridgehead atoms. The van der Waals surface area contributed by atoms with Crippen LogP contribution >= 0.6 is 0 Å². The lowest BCUT2D eigenvalue weighted by Crippen LogP contribution is -2.54. The lowest BCUT2D eigenvalue weighted by atomic mass is 9.88. The van der Waals surface area contributed by atoms with Gasteiger partial charge in [-0.1, -0.05) is 30.3 Å². The maximum absolute atomic E-state index is 12.9. The van der Waals surface area contributed by atoms with E-state index in [1.807, 2.05) is 30.3 Å². The fourth-order valence-electron chi connectivity index (χ4n) is 4.11. The van der Waals surface area contributed by atoms with Crippen molar-refractivity contribution in [2.24, 2.45) is 5.92 Å². The van der Waals surface area contributed by atoms with E-state index in [2.05, 4.69) is 9.80 Å². The zero-order chi connectivity index (χ0) is 16.9. The lowest BCUT2D eigenvalue weighted by molar-refractivity contribution is -0.138. The van der Waals surface area contributed by atoms with Gasteiger partial charge in [0.25, 0.3) is 0 Å². The highest BCUT2D eigenvalue weighted by Crippen LogP contribution is 2.32. The summed E-state index contributed by atoms with van der Waals surface area (Å²) in [6, 6.07) is 10.3. The maximum atomic E-state index is 12.9. The number of likely N-dealkylation sites (tertiary alicyclic amines) is 2. The Balaban J connectivity index is 1.68. The molecule has 2 fully saturated rings. The normalized spacial score (nSPS) is 27.2. The number of nitrogens with zero attached hydrogens (tertiary/aromatic N) is 2. The van der Waals surface area contributed by atoms with Gasteiger partial charge in [0.05, 0.1) is 25.2 Å². The zero-order valence-electron chi connectivity index (χ0n) is 14.7. The Bertz CT molecular complexity index is 537. The highest BCUT2D eigenvalue weighted by atomic mass is 16.5. The summed E-state index contributed by atoms with van der Waals surface area (Å²) < 4.78 is 10.9. The second kappa shape index (κ2) is 8.10. The average molecular weight is 332 g/mol. The van der Waals surface area contributed by atoms with Gasteiger partial charge in [0, 0.05) is 46.3 Å². The number of benzene rings is 1. The molecular weight excluding hydrogens is 304 g/mol. The maximum Gasteiger partial charge on any atom is 0.227 e. The third-order valence-electron chi connectivity index (χ3n) is 5.37. The Kier molecular flexibility index (Phi) is 5.87. The Labute approximate surface area is 144 Å². The van der Waals surface area contributed by atoms with E-state index in [0.717, 1.165) is 44.8 Å². The number of methoxy groups -OCH3 is 2. The predicted molar refractivity (Wildman–Crippen MR) is 92.9 cm³/mol. The first-order valence-corrected chi connectivity index (χ1v) is 8.80. The molecule has 24 heavy (non-hydrogen) atoms. The first-order chi connectivity index (χ1) is 11.7. The summed E-state index contributed by atoms with van der Waals surface area (Å²) in [7, 11) is 3.53.